The first kappa shape index (κ1) is 22.7. The molecule has 0 radical (unpaired) electrons. The smallest absolute Gasteiger partial charge is 0.243 e. The first-order valence-electron chi connectivity index (χ1n) is 10.6. The maximum absolute atomic E-state index is 13.1. The number of sulfonamides is 1. The average Bonchev–Trinajstić information content (AvgIpc) is 2.74. The van der Waals surface area contributed by atoms with E-state index < -0.39 is 10.0 Å². The molecule has 162 valence electrons. The highest BCUT2D eigenvalue weighted by Gasteiger charge is 2.29. The van der Waals surface area contributed by atoms with Crippen molar-refractivity contribution in [2.45, 2.75) is 51.0 Å². The second-order valence-corrected chi connectivity index (χ2v) is 10.6. The van der Waals surface area contributed by atoms with Gasteiger partial charge in [0.25, 0.3) is 0 Å². The van der Waals surface area contributed by atoms with Gasteiger partial charge in [0.15, 0.2) is 5.78 Å². The molecule has 1 heterocycles. The Hall–Kier alpha value is -2.02. The molecule has 30 heavy (non-hydrogen) atoms. The molecular formula is C24H32N2O3S. The van der Waals surface area contributed by atoms with Crippen LogP contribution in [-0.2, 0) is 22.0 Å². The zero-order valence-electron chi connectivity index (χ0n) is 18.4. The Bertz CT molecular complexity index is 972. The van der Waals surface area contributed by atoms with E-state index in [2.05, 4.69) is 25.7 Å². The van der Waals surface area contributed by atoms with Gasteiger partial charge in [0.1, 0.15) is 0 Å². The molecule has 0 bridgehead atoms. The summed E-state index contributed by atoms with van der Waals surface area (Å²) in [7, 11) is -3.47. The van der Waals surface area contributed by atoms with Crippen molar-refractivity contribution in [3.8, 4) is 0 Å². The summed E-state index contributed by atoms with van der Waals surface area (Å²) in [5.41, 5.74) is 3.04. The summed E-state index contributed by atoms with van der Waals surface area (Å²) in [5.74, 6) is 0.0617. The second kappa shape index (κ2) is 9.00. The number of hydrogen-bond acceptors (Lipinski definition) is 4. The molecule has 0 spiro atoms. The van der Waals surface area contributed by atoms with Crippen molar-refractivity contribution in [3.05, 3.63) is 65.2 Å². The third-order valence-electron chi connectivity index (χ3n) is 6.26. The Kier molecular flexibility index (Phi) is 6.80. The number of hydrogen-bond donors (Lipinski definition) is 0. The molecule has 0 aliphatic carbocycles. The number of nitrogens with zero attached hydrogens (tertiary/aromatic N) is 2. The van der Waals surface area contributed by atoms with Gasteiger partial charge in [-0.2, -0.15) is 4.31 Å². The lowest BCUT2D eigenvalue weighted by Gasteiger charge is -2.34. The molecule has 0 saturated carbocycles. The van der Waals surface area contributed by atoms with Gasteiger partial charge in [0, 0.05) is 38.3 Å². The highest BCUT2D eigenvalue weighted by atomic mass is 32.2. The van der Waals surface area contributed by atoms with Crippen molar-refractivity contribution in [1.82, 2.24) is 9.21 Å². The van der Waals surface area contributed by atoms with Crippen LogP contribution in [0.3, 0.4) is 0 Å². The number of piperazine rings is 1. The molecule has 0 unspecified atom stereocenters. The highest BCUT2D eigenvalue weighted by Crippen LogP contribution is 2.28. The van der Waals surface area contributed by atoms with E-state index >= 15 is 0 Å². The SMILES string of the molecule is CCC(C)(C)c1ccc(S(=O)(=O)N2CCN(Cc3ccc(C(C)=O)cc3)CC2)cc1. The minimum Gasteiger partial charge on any atom is -0.296 e. The molecule has 1 aliphatic heterocycles. The van der Waals surface area contributed by atoms with Crippen LogP contribution in [0.2, 0.25) is 0 Å². The Morgan fingerprint density at radius 3 is 2.00 bits per heavy atom. The van der Waals surface area contributed by atoms with E-state index in [9.17, 15) is 13.2 Å². The number of Topliss-reactive ketones (excluding diaryl/α,β-unsaturated/α-hetero) is 1. The average molecular weight is 429 g/mol. The van der Waals surface area contributed by atoms with Gasteiger partial charge in [-0.25, -0.2) is 8.42 Å². The van der Waals surface area contributed by atoms with Gasteiger partial charge < -0.3 is 0 Å². The Labute approximate surface area is 180 Å². The monoisotopic (exact) mass is 428 g/mol. The van der Waals surface area contributed by atoms with Crippen molar-refractivity contribution in [2.75, 3.05) is 26.2 Å². The molecule has 1 fully saturated rings. The number of rotatable bonds is 7. The van der Waals surface area contributed by atoms with Gasteiger partial charge in [-0.3, -0.25) is 9.69 Å². The van der Waals surface area contributed by atoms with E-state index in [0.29, 0.717) is 36.6 Å². The zero-order valence-corrected chi connectivity index (χ0v) is 19.2. The van der Waals surface area contributed by atoms with Gasteiger partial charge in [-0.05, 0) is 42.0 Å². The molecule has 2 aromatic carbocycles. The van der Waals surface area contributed by atoms with Gasteiger partial charge in [-0.1, -0.05) is 57.2 Å². The van der Waals surface area contributed by atoms with Crippen LogP contribution in [0, 0.1) is 0 Å². The lowest BCUT2D eigenvalue weighted by molar-refractivity contribution is 0.101. The predicted octanol–water partition coefficient (Wildman–Crippen LogP) is 4.08. The number of ketones is 1. The largest absolute Gasteiger partial charge is 0.296 e. The van der Waals surface area contributed by atoms with Crippen molar-refractivity contribution >= 4 is 15.8 Å². The summed E-state index contributed by atoms with van der Waals surface area (Å²) >= 11 is 0. The number of carbonyl (C=O) groups is 1. The fraction of sp³-hybridized carbons (Fsp3) is 0.458. The normalized spacial score (nSPS) is 16.5. The minimum absolute atomic E-state index is 0.0382. The molecule has 6 heteroatoms. The lowest BCUT2D eigenvalue weighted by atomic mass is 9.82. The van der Waals surface area contributed by atoms with E-state index in [0.717, 1.165) is 24.1 Å². The third kappa shape index (κ3) is 4.99. The fourth-order valence-electron chi connectivity index (χ4n) is 3.66. The molecule has 1 aliphatic rings. The van der Waals surface area contributed by atoms with Crippen molar-refractivity contribution in [2.24, 2.45) is 0 Å². The standard InChI is InChI=1S/C24H32N2O3S/c1-5-24(3,4)22-10-12-23(13-11-22)30(28,29)26-16-14-25(15-17-26)18-20-6-8-21(9-7-20)19(2)27/h6-13H,5,14-18H2,1-4H3. The van der Waals surface area contributed by atoms with Crippen LogP contribution in [0.1, 0.15) is 55.6 Å². The molecule has 1 saturated heterocycles. The van der Waals surface area contributed by atoms with E-state index in [1.54, 1.807) is 23.4 Å². The first-order valence-corrected chi connectivity index (χ1v) is 12.0. The van der Waals surface area contributed by atoms with Gasteiger partial charge in [-0.15, -0.1) is 0 Å². The molecule has 0 amide bonds. The Balaban J connectivity index is 1.61. The van der Waals surface area contributed by atoms with Crippen LogP contribution in [0.4, 0.5) is 0 Å². The Morgan fingerprint density at radius 1 is 0.933 bits per heavy atom. The predicted molar refractivity (Wildman–Crippen MR) is 120 cm³/mol. The maximum Gasteiger partial charge on any atom is 0.243 e. The van der Waals surface area contributed by atoms with Crippen LogP contribution in [-0.4, -0.2) is 49.6 Å². The third-order valence-corrected chi connectivity index (χ3v) is 8.17. The fourth-order valence-corrected chi connectivity index (χ4v) is 5.08. The van der Waals surface area contributed by atoms with Gasteiger partial charge in [0.2, 0.25) is 10.0 Å². The minimum atomic E-state index is -3.47. The topological polar surface area (TPSA) is 57.7 Å². The molecule has 0 N–H and O–H groups in total. The lowest BCUT2D eigenvalue weighted by Crippen LogP contribution is -2.48. The van der Waals surface area contributed by atoms with Crippen LogP contribution >= 0.6 is 0 Å². The Morgan fingerprint density at radius 2 is 1.50 bits per heavy atom. The molecule has 5 nitrogen and oxygen atoms in total. The van der Waals surface area contributed by atoms with Crippen LogP contribution in [0.25, 0.3) is 0 Å². The van der Waals surface area contributed by atoms with Gasteiger partial charge in [0.05, 0.1) is 4.90 Å². The van der Waals surface area contributed by atoms with E-state index in [-0.39, 0.29) is 11.2 Å². The van der Waals surface area contributed by atoms with E-state index in [1.165, 1.54) is 0 Å². The molecule has 2 aromatic rings. The maximum atomic E-state index is 13.1. The van der Waals surface area contributed by atoms with E-state index in [1.807, 2.05) is 36.4 Å². The molecule has 0 aromatic heterocycles. The van der Waals surface area contributed by atoms with Crippen molar-refractivity contribution < 1.29 is 13.2 Å². The van der Waals surface area contributed by atoms with Crippen LogP contribution < -0.4 is 0 Å². The molecule has 3 rings (SSSR count). The first-order chi connectivity index (χ1) is 14.1. The summed E-state index contributed by atoms with van der Waals surface area (Å²) < 4.78 is 27.7. The quantitative estimate of drug-likeness (QED) is 0.624. The number of carbonyl (C=O) groups excluding carboxylic acids is 1. The summed E-state index contributed by atoms with van der Waals surface area (Å²) in [6.45, 7) is 11.1. The summed E-state index contributed by atoms with van der Waals surface area (Å²) in [5, 5.41) is 0. The summed E-state index contributed by atoms with van der Waals surface area (Å²) in [6.07, 6.45) is 0.999. The second-order valence-electron chi connectivity index (χ2n) is 8.70. The van der Waals surface area contributed by atoms with Crippen molar-refractivity contribution in [3.63, 3.8) is 0 Å². The molecule has 0 atom stereocenters. The number of benzene rings is 2. The van der Waals surface area contributed by atoms with Gasteiger partial charge >= 0.3 is 0 Å². The van der Waals surface area contributed by atoms with Crippen LogP contribution in [0.5, 0.6) is 0 Å². The summed E-state index contributed by atoms with van der Waals surface area (Å²) in [6, 6.07) is 15.0. The summed E-state index contributed by atoms with van der Waals surface area (Å²) in [4.78, 5) is 14.0. The van der Waals surface area contributed by atoms with Crippen LogP contribution in [0.15, 0.2) is 53.4 Å². The molecular weight excluding hydrogens is 396 g/mol. The zero-order chi connectivity index (χ0) is 21.9. The van der Waals surface area contributed by atoms with E-state index in [4.69, 9.17) is 0 Å². The highest BCUT2D eigenvalue weighted by molar-refractivity contribution is 7.89. The van der Waals surface area contributed by atoms with Crippen molar-refractivity contribution in [1.29, 1.82) is 0 Å².